The Bertz CT molecular complexity index is 554. The first-order valence-corrected chi connectivity index (χ1v) is 7.06. The molecule has 0 saturated heterocycles. The second-order valence-corrected chi connectivity index (χ2v) is 5.59. The summed E-state index contributed by atoms with van der Waals surface area (Å²) in [5.74, 6) is -0.0335. The van der Waals surface area contributed by atoms with E-state index in [9.17, 15) is 9.90 Å². The van der Waals surface area contributed by atoms with E-state index in [2.05, 4.69) is 15.9 Å². The van der Waals surface area contributed by atoms with Crippen molar-refractivity contribution < 1.29 is 9.90 Å². The first-order chi connectivity index (χ1) is 8.58. The maximum atomic E-state index is 12.1. The number of phenols is 1. The molecule has 18 heavy (non-hydrogen) atoms. The maximum Gasteiger partial charge on any atom is 0.254 e. The van der Waals surface area contributed by atoms with Gasteiger partial charge < -0.3 is 10.0 Å². The Balaban J connectivity index is 2.12. The third-order valence-corrected chi connectivity index (χ3v) is 3.94. The summed E-state index contributed by atoms with van der Waals surface area (Å²) in [5, 5.41) is 13.6. The Kier molecular flexibility index (Phi) is 4.04. The number of amides is 1. The highest BCUT2D eigenvalue weighted by Crippen LogP contribution is 2.25. The molecule has 0 fully saturated rings. The summed E-state index contributed by atoms with van der Waals surface area (Å²) < 4.78 is 0.583. The molecular formula is C13H12BrNO2S. The van der Waals surface area contributed by atoms with Gasteiger partial charge in [0.2, 0.25) is 0 Å². The van der Waals surface area contributed by atoms with Crippen LogP contribution < -0.4 is 0 Å². The van der Waals surface area contributed by atoms with E-state index in [0.717, 1.165) is 5.56 Å². The summed E-state index contributed by atoms with van der Waals surface area (Å²) in [6.45, 7) is 0.569. The molecule has 0 aliphatic rings. The maximum absolute atomic E-state index is 12.1. The Hall–Kier alpha value is -1.33. The second-order valence-electron chi connectivity index (χ2n) is 3.96. The Labute approximate surface area is 118 Å². The highest BCUT2D eigenvalue weighted by molar-refractivity contribution is 9.10. The van der Waals surface area contributed by atoms with E-state index in [0.29, 0.717) is 16.6 Å². The fourth-order valence-corrected chi connectivity index (χ4v) is 2.50. The van der Waals surface area contributed by atoms with Crippen molar-refractivity contribution in [1.29, 1.82) is 0 Å². The average molecular weight is 326 g/mol. The van der Waals surface area contributed by atoms with Gasteiger partial charge in [0.05, 0.1) is 4.47 Å². The lowest BCUT2D eigenvalue weighted by Gasteiger charge is -2.16. The highest BCUT2D eigenvalue weighted by atomic mass is 79.9. The molecule has 0 atom stereocenters. The number of thiophene rings is 1. The van der Waals surface area contributed by atoms with Gasteiger partial charge in [0, 0.05) is 19.2 Å². The van der Waals surface area contributed by atoms with Crippen molar-refractivity contribution in [3.63, 3.8) is 0 Å². The summed E-state index contributed by atoms with van der Waals surface area (Å²) >= 11 is 4.80. The summed E-state index contributed by atoms with van der Waals surface area (Å²) in [6.07, 6.45) is 0. The number of benzene rings is 1. The minimum absolute atomic E-state index is 0.0739. The number of carbonyl (C=O) groups is 1. The molecule has 0 radical (unpaired) electrons. The van der Waals surface area contributed by atoms with Gasteiger partial charge in [0.1, 0.15) is 5.75 Å². The Morgan fingerprint density at radius 1 is 1.44 bits per heavy atom. The summed E-state index contributed by atoms with van der Waals surface area (Å²) in [5.41, 5.74) is 1.59. The van der Waals surface area contributed by atoms with Gasteiger partial charge in [0.25, 0.3) is 5.91 Å². The van der Waals surface area contributed by atoms with Crippen LogP contribution in [-0.2, 0) is 6.54 Å². The normalized spacial score (nSPS) is 10.3. The Morgan fingerprint density at radius 2 is 2.22 bits per heavy atom. The van der Waals surface area contributed by atoms with Crippen molar-refractivity contribution in [3.05, 3.63) is 50.6 Å². The molecule has 5 heteroatoms. The molecule has 2 rings (SSSR count). The molecule has 3 nitrogen and oxygen atoms in total. The number of hydrogen-bond donors (Lipinski definition) is 1. The molecule has 0 spiro atoms. The van der Waals surface area contributed by atoms with Crippen LogP contribution in [0.1, 0.15) is 15.9 Å². The van der Waals surface area contributed by atoms with Crippen LogP contribution in [0.4, 0.5) is 0 Å². The zero-order valence-corrected chi connectivity index (χ0v) is 12.2. The molecule has 0 saturated carbocycles. The van der Waals surface area contributed by atoms with E-state index in [1.807, 2.05) is 16.8 Å². The van der Waals surface area contributed by atoms with Crippen LogP contribution in [-0.4, -0.2) is 23.0 Å². The van der Waals surface area contributed by atoms with Gasteiger partial charge >= 0.3 is 0 Å². The molecule has 1 aromatic heterocycles. The molecule has 0 unspecified atom stereocenters. The van der Waals surface area contributed by atoms with Gasteiger partial charge in [-0.15, -0.1) is 0 Å². The highest BCUT2D eigenvalue weighted by Gasteiger charge is 2.13. The third kappa shape index (κ3) is 2.91. The summed E-state index contributed by atoms with van der Waals surface area (Å²) in [7, 11) is 1.75. The largest absolute Gasteiger partial charge is 0.507 e. The fourth-order valence-electron chi connectivity index (χ4n) is 1.59. The number of nitrogens with zero attached hydrogens (tertiary/aromatic N) is 1. The van der Waals surface area contributed by atoms with Crippen LogP contribution in [0.15, 0.2) is 39.5 Å². The first-order valence-electron chi connectivity index (χ1n) is 5.33. The molecule has 0 aliphatic heterocycles. The number of carbonyl (C=O) groups excluding carboxylic acids is 1. The zero-order valence-electron chi connectivity index (χ0n) is 9.76. The molecular weight excluding hydrogens is 314 g/mol. The van der Waals surface area contributed by atoms with Gasteiger partial charge in [-0.2, -0.15) is 11.3 Å². The number of rotatable bonds is 3. The van der Waals surface area contributed by atoms with Crippen LogP contribution in [0, 0.1) is 0 Å². The van der Waals surface area contributed by atoms with Crippen LogP contribution in [0.25, 0.3) is 0 Å². The van der Waals surface area contributed by atoms with E-state index in [-0.39, 0.29) is 11.7 Å². The molecule has 0 bridgehead atoms. The molecule has 94 valence electrons. The van der Waals surface area contributed by atoms with Crippen molar-refractivity contribution in [2.75, 3.05) is 7.05 Å². The predicted octanol–water partition coefficient (Wildman–Crippen LogP) is 3.49. The zero-order chi connectivity index (χ0) is 13.1. The van der Waals surface area contributed by atoms with E-state index >= 15 is 0 Å². The molecule has 2 aromatic rings. The van der Waals surface area contributed by atoms with Crippen molar-refractivity contribution in [1.82, 2.24) is 4.90 Å². The SMILES string of the molecule is CN(Cc1ccsc1)C(=O)c1ccc(Br)c(O)c1. The molecule has 1 aromatic carbocycles. The van der Waals surface area contributed by atoms with Crippen LogP contribution in [0.2, 0.25) is 0 Å². The van der Waals surface area contributed by atoms with Gasteiger partial charge in [-0.25, -0.2) is 0 Å². The average Bonchev–Trinajstić information content (AvgIpc) is 2.84. The number of halogens is 1. The molecule has 1 heterocycles. The summed E-state index contributed by atoms with van der Waals surface area (Å²) in [6, 6.07) is 6.82. The van der Waals surface area contributed by atoms with E-state index in [1.54, 1.807) is 35.4 Å². The van der Waals surface area contributed by atoms with Crippen LogP contribution in [0.3, 0.4) is 0 Å². The molecule has 1 N–H and O–H groups in total. The summed E-state index contributed by atoms with van der Waals surface area (Å²) in [4.78, 5) is 13.8. The van der Waals surface area contributed by atoms with E-state index < -0.39 is 0 Å². The lowest BCUT2D eigenvalue weighted by atomic mass is 10.2. The standard InChI is InChI=1S/C13H12BrNO2S/c1-15(7-9-4-5-18-8-9)13(17)10-2-3-11(14)12(16)6-10/h2-6,8,16H,7H2,1H3. The Morgan fingerprint density at radius 3 is 2.83 bits per heavy atom. The smallest absolute Gasteiger partial charge is 0.254 e. The van der Waals surface area contributed by atoms with Crippen LogP contribution in [0.5, 0.6) is 5.75 Å². The first kappa shape index (κ1) is 13.1. The lowest BCUT2D eigenvalue weighted by Crippen LogP contribution is -2.25. The van der Waals surface area contributed by atoms with Crippen molar-refractivity contribution in [2.45, 2.75) is 6.54 Å². The quantitative estimate of drug-likeness (QED) is 0.938. The van der Waals surface area contributed by atoms with Gasteiger partial charge in [-0.05, 0) is 56.5 Å². The van der Waals surface area contributed by atoms with Gasteiger partial charge in [-0.1, -0.05) is 0 Å². The van der Waals surface area contributed by atoms with E-state index in [4.69, 9.17) is 0 Å². The lowest BCUT2D eigenvalue weighted by molar-refractivity contribution is 0.0785. The predicted molar refractivity (Wildman–Crippen MR) is 75.9 cm³/mol. The van der Waals surface area contributed by atoms with Gasteiger partial charge in [-0.3, -0.25) is 4.79 Å². The topological polar surface area (TPSA) is 40.5 Å². The minimum atomic E-state index is -0.107. The van der Waals surface area contributed by atoms with E-state index in [1.165, 1.54) is 6.07 Å². The van der Waals surface area contributed by atoms with Crippen molar-refractivity contribution >= 4 is 33.2 Å². The molecule has 0 aliphatic carbocycles. The van der Waals surface area contributed by atoms with Crippen molar-refractivity contribution in [3.8, 4) is 5.75 Å². The number of phenolic OH excluding ortho intramolecular Hbond substituents is 1. The third-order valence-electron chi connectivity index (χ3n) is 2.54. The molecule has 1 amide bonds. The van der Waals surface area contributed by atoms with Crippen LogP contribution >= 0.6 is 27.3 Å². The number of hydrogen-bond acceptors (Lipinski definition) is 3. The minimum Gasteiger partial charge on any atom is -0.507 e. The van der Waals surface area contributed by atoms with Gasteiger partial charge in [0.15, 0.2) is 0 Å². The second kappa shape index (κ2) is 5.54. The van der Waals surface area contributed by atoms with Crippen molar-refractivity contribution in [2.24, 2.45) is 0 Å². The fraction of sp³-hybridized carbons (Fsp3) is 0.154. The monoisotopic (exact) mass is 325 g/mol. The number of aromatic hydroxyl groups is 1.